The highest BCUT2D eigenvalue weighted by Crippen LogP contribution is 2.17. The molecule has 0 aliphatic rings. The average molecular weight is 302 g/mol. The highest BCUT2D eigenvalue weighted by atomic mass is 35.5. The standard InChI is InChI=1S/C13H20ClN3O3/c1-19-6-7-20-5-4-16-9-11-3-2-10(8-12(11)14)13(15)17-18/h2-3,8,16,18H,4-7,9H2,1H3,(H2,15,17). The average Bonchev–Trinajstić information content (AvgIpc) is 2.46. The Bertz CT molecular complexity index is 441. The summed E-state index contributed by atoms with van der Waals surface area (Å²) in [7, 11) is 1.64. The molecule has 0 aromatic heterocycles. The summed E-state index contributed by atoms with van der Waals surface area (Å²) >= 11 is 6.13. The normalized spacial score (nSPS) is 11.8. The van der Waals surface area contributed by atoms with Crippen LogP contribution in [0.15, 0.2) is 23.4 Å². The molecular weight excluding hydrogens is 282 g/mol. The van der Waals surface area contributed by atoms with Crippen molar-refractivity contribution >= 4 is 17.4 Å². The van der Waals surface area contributed by atoms with E-state index in [9.17, 15) is 0 Å². The molecule has 0 aliphatic carbocycles. The Morgan fingerprint density at radius 1 is 1.40 bits per heavy atom. The highest BCUT2D eigenvalue weighted by Gasteiger charge is 2.04. The summed E-state index contributed by atoms with van der Waals surface area (Å²) in [5, 5.41) is 15.3. The summed E-state index contributed by atoms with van der Waals surface area (Å²) in [4.78, 5) is 0. The maximum atomic E-state index is 8.60. The van der Waals surface area contributed by atoms with Gasteiger partial charge in [-0.3, -0.25) is 0 Å². The maximum absolute atomic E-state index is 8.60. The lowest BCUT2D eigenvalue weighted by Crippen LogP contribution is -2.20. The summed E-state index contributed by atoms with van der Waals surface area (Å²) < 4.78 is 10.2. The molecule has 0 amide bonds. The van der Waals surface area contributed by atoms with Gasteiger partial charge in [-0.1, -0.05) is 28.9 Å². The minimum Gasteiger partial charge on any atom is -0.409 e. The van der Waals surface area contributed by atoms with Crippen LogP contribution in [0.4, 0.5) is 0 Å². The Labute approximate surface area is 123 Å². The van der Waals surface area contributed by atoms with E-state index in [4.69, 9.17) is 32.0 Å². The van der Waals surface area contributed by atoms with Crippen LogP contribution in [0.1, 0.15) is 11.1 Å². The molecule has 1 aromatic rings. The second kappa shape index (κ2) is 9.55. The zero-order valence-corrected chi connectivity index (χ0v) is 12.2. The number of hydrogen-bond acceptors (Lipinski definition) is 5. The van der Waals surface area contributed by atoms with Gasteiger partial charge in [0.15, 0.2) is 5.84 Å². The molecular formula is C13H20ClN3O3. The van der Waals surface area contributed by atoms with Gasteiger partial charge >= 0.3 is 0 Å². The van der Waals surface area contributed by atoms with Crippen molar-refractivity contribution in [2.24, 2.45) is 10.9 Å². The predicted molar refractivity (Wildman–Crippen MR) is 78.4 cm³/mol. The van der Waals surface area contributed by atoms with Crippen LogP contribution in [0.25, 0.3) is 0 Å². The molecule has 0 bridgehead atoms. The SMILES string of the molecule is COCCOCCNCc1ccc(/C(N)=N/O)cc1Cl. The molecule has 0 saturated carbocycles. The first kappa shape index (κ1) is 16.7. The predicted octanol–water partition coefficient (Wildman–Crippen LogP) is 1.19. The van der Waals surface area contributed by atoms with Crippen molar-refractivity contribution in [1.82, 2.24) is 5.32 Å². The number of methoxy groups -OCH3 is 1. The van der Waals surface area contributed by atoms with Crippen LogP contribution in [0.3, 0.4) is 0 Å². The molecule has 7 heteroatoms. The van der Waals surface area contributed by atoms with E-state index < -0.39 is 0 Å². The third-order valence-electron chi connectivity index (χ3n) is 2.63. The number of nitrogens with one attached hydrogen (secondary N) is 1. The molecule has 0 fully saturated rings. The van der Waals surface area contributed by atoms with Crippen LogP contribution < -0.4 is 11.1 Å². The molecule has 0 aliphatic heterocycles. The van der Waals surface area contributed by atoms with Gasteiger partial charge in [-0.15, -0.1) is 0 Å². The van der Waals surface area contributed by atoms with Crippen LogP contribution >= 0.6 is 11.6 Å². The van der Waals surface area contributed by atoms with Gasteiger partial charge in [0.2, 0.25) is 0 Å². The maximum Gasteiger partial charge on any atom is 0.170 e. The highest BCUT2D eigenvalue weighted by molar-refractivity contribution is 6.31. The van der Waals surface area contributed by atoms with Crippen molar-refractivity contribution < 1.29 is 14.7 Å². The molecule has 0 spiro atoms. The van der Waals surface area contributed by atoms with E-state index >= 15 is 0 Å². The lowest BCUT2D eigenvalue weighted by molar-refractivity contribution is 0.0719. The summed E-state index contributed by atoms with van der Waals surface area (Å²) in [5.41, 5.74) is 7.02. The lowest BCUT2D eigenvalue weighted by atomic mass is 10.1. The molecule has 0 saturated heterocycles. The Balaban J connectivity index is 2.34. The lowest BCUT2D eigenvalue weighted by Gasteiger charge is -2.08. The van der Waals surface area contributed by atoms with E-state index in [0.29, 0.717) is 37.0 Å². The first-order valence-electron chi connectivity index (χ1n) is 6.22. The van der Waals surface area contributed by atoms with Crippen LogP contribution in [0.2, 0.25) is 5.02 Å². The van der Waals surface area contributed by atoms with E-state index in [2.05, 4.69) is 10.5 Å². The zero-order valence-electron chi connectivity index (χ0n) is 11.4. The largest absolute Gasteiger partial charge is 0.409 e. The number of rotatable bonds is 9. The van der Waals surface area contributed by atoms with Crippen LogP contribution in [-0.2, 0) is 16.0 Å². The van der Waals surface area contributed by atoms with Gasteiger partial charge in [-0.2, -0.15) is 0 Å². The molecule has 1 aromatic carbocycles. The number of halogens is 1. The number of nitrogens with zero attached hydrogens (tertiary/aromatic N) is 1. The zero-order chi connectivity index (χ0) is 14.8. The first-order valence-corrected chi connectivity index (χ1v) is 6.60. The van der Waals surface area contributed by atoms with E-state index in [-0.39, 0.29) is 5.84 Å². The molecule has 1 rings (SSSR count). The molecule has 6 nitrogen and oxygen atoms in total. The number of benzene rings is 1. The van der Waals surface area contributed by atoms with Crippen molar-refractivity contribution in [1.29, 1.82) is 0 Å². The van der Waals surface area contributed by atoms with E-state index in [0.717, 1.165) is 12.1 Å². The van der Waals surface area contributed by atoms with Gasteiger partial charge in [0.05, 0.1) is 19.8 Å². The fourth-order valence-corrected chi connectivity index (χ4v) is 1.77. The van der Waals surface area contributed by atoms with Crippen LogP contribution in [-0.4, -0.2) is 44.5 Å². The molecule has 20 heavy (non-hydrogen) atoms. The first-order chi connectivity index (χ1) is 9.69. The third-order valence-corrected chi connectivity index (χ3v) is 2.98. The summed E-state index contributed by atoms with van der Waals surface area (Å²) in [6.45, 7) is 3.16. The number of ether oxygens (including phenoxy) is 2. The van der Waals surface area contributed by atoms with Gasteiger partial charge in [0.1, 0.15) is 0 Å². The van der Waals surface area contributed by atoms with Gasteiger partial charge in [0.25, 0.3) is 0 Å². The summed E-state index contributed by atoms with van der Waals surface area (Å²) in [6.07, 6.45) is 0. The van der Waals surface area contributed by atoms with Gasteiger partial charge in [0, 0.05) is 30.8 Å². The Morgan fingerprint density at radius 2 is 2.20 bits per heavy atom. The molecule has 0 heterocycles. The third kappa shape index (κ3) is 5.75. The Kier molecular flexibility index (Phi) is 7.98. The van der Waals surface area contributed by atoms with Crippen molar-refractivity contribution in [2.75, 3.05) is 33.5 Å². The van der Waals surface area contributed by atoms with Crippen LogP contribution in [0.5, 0.6) is 0 Å². The van der Waals surface area contributed by atoms with Crippen molar-refractivity contribution in [3.8, 4) is 0 Å². The van der Waals surface area contributed by atoms with Crippen molar-refractivity contribution in [2.45, 2.75) is 6.54 Å². The molecule has 0 atom stereocenters. The quantitative estimate of drug-likeness (QED) is 0.210. The Morgan fingerprint density at radius 3 is 2.85 bits per heavy atom. The van der Waals surface area contributed by atoms with Gasteiger partial charge in [-0.05, 0) is 11.6 Å². The molecule has 0 radical (unpaired) electrons. The smallest absolute Gasteiger partial charge is 0.170 e. The van der Waals surface area contributed by atoms with E-state index in [1.807, 2.05) is 6.07 Å². The second-order valence-electron chi connectivity index (χ2n) is 4.07. The number of hydrogen-bond donors (Lipinski definition) is 3. The van der Waals surface area contributed by atoms with Crippen molar-refractivity contribution in [3.63, 3.8) is 0 Å². The van der Waals surface area contributed by atoms with Crippen LogP contribution in [0, 0.1) is 0 Å². The Hall–Kier alpha value is -1.34. The number of oxime groups is 1. The van der Waals surface area contributed by atoms with E-state index in [1.165, 1.54) is 0 Å². The molecule has 0 unspecified atom stereocenters. The minimum atomic E-state index is 0.0398. The molecule has 112 valence electrons. The van der Waals surface area contributed by atoms with E-state index in [1.54, 1.807) is 19.2 Å². The summed E-state index contributed by atoms with van der Waals surface area (Å²) in [6, 6.07) is 5.27. The van der Waals surface area contributed by atoms with Crippen molar-refractivity contribution in [3.05, 3.63) is 34.3 Å². The number of amidine groups is 1. The fraction of sp³-hybridized carbons (Fsp3) is 0.462. The number of nitrogens with two attached hydrogens (primary N) is 1. The van der Waals surface area contributed by atoms with Gasteiger partial charge in [-0.25, -0.2) is 0 Å². The van der Waals surface area contributed by atoms with Gasteiger partial charge < -0.3 is 25.7 Å². The molecule has 4 N–H and O–H groups in total. The summed E-state index contributed by atoms with van der Waals surface area (Å²) in [5.74, 6) is 0.0398. The minimum absolute atomic E-state index is 0.0398. The second-order valence-corrected chi connectivity index (χ2v) is 4.48. The fourth-order valence-electron chi connectivity index (χ4n) is 1.52. The monoisotopic (exact) mass is 301 g/mol. The topological polar surface area (TPSA) is 89.1 Å².